The van der Waals surface area contributed by atoms with E-state index < -0.39 is 0 Å². The largest absolute Gasteiger partial charge is 0.372 e. The fourth-order valence-corrected chi connectivity index (χ4v) is 4.48. The summed E-state index contributed by atoms with van der Waals surface area (Å²) in [4.78, 5) is 20.3. The Kier molecular flexibility index (Phi) is 8.90. The zero-order valence-electron chi connectivity index (χ0n) is 21.0. The summed E-state index contributed by atoms with van der Waals surface area (Å²) >= 11 is 0. The molecule has 0 aliphatic carbocycles. The quantitative estimate of drug-likeness (QED) is 0.459. The van der Waals surface area contributed by atoms with E-state index >= 15 is 0 Å². The Morgan fingerprint density at radius 1 is 0.667 bits per heavy atom. The van der Waals surface area contributed by atoms with Gasteiger partial charge in [0.2, 0.25) is 0 Å². The highest BCUT2D eigenvalue weighted by Crippen LogP contribution is 2.24. The zero-order valence-corrected chi connectivity index (χ0v) is 21.0. The first-order valence-electron chi connectivity index (χ1n) is 12.4. The fraction of sp³-hybridized carbons (Fsp3) is 0.414. The minimum absolute atomic E-state index is 0.167. The Hall–Kier alpha value is -2.85. The summed E-state index contributed by atoms with van der Waals surface area (Å²) in [7, 11) is 0. The summed E-state index contributed by atoms with van der Waals surface area (Å²) in [6.07, 6.45) is 4.13. The highest BCUT2D eigenvalue weighted by molar-refractivity contribution is 6.14. The number of benzene rings is 2. The van der Waals surface area contributed by atoms with E-state index in [9.17, 15) is 4.79 Å². The topological polar surface area (TPSA) is 26.8 Å². The van der Waals surface area contributed by atoms with Gasteiger partial charge < -0.3 is 9.80 Å². The van der Waals surface area contributed by atoms with Crippen molar-refractivity contribution in [2.75, 3.05) is 55.6 Å². The molecule has 0 spiro atoms. The predicted octanol–water partition coefficient (Wildman–Crippen LogP) is 5.75. The van der Waals surface area contributed by atoms with Crippen LogP contribution in [0.1, 0.15) is 45.7 Å². The van der Waals surface area contributed by atoms with Crippen molar-refractivity contribution in [1.82, 2.24) is 4.90 Å². The molecular weight excluding hydrogens is 406 g/mol. The Balaban J connectivity index is 1.84. The van der Waals surface area contributed by atoms with Crippen LogP contribution in [0.3, 0.4) is 0 Å². The second kappa shape index (κ2) is 11.9. The van der Waals surface area contributed by atoms with Crippen LogP contribution < -0.4 is 9.80 Å². The summed E-state index contributed by atoms with van der Waals surface area (Å²) < 4.78 is 0. The van der Waals surface area contributed by atoms with Gasteiger partial charge in [0.25, 0.3) is 0 Å². The maximum atomic E-state index is 13.4. The van der Waals surface area contributed by atoms with Crippen molar-refractivity contribution in [3.63, 3.8) is 0 Å². The SMILES string of the molecule is CCN1C/C(=C\c2ccc(N(CC)CC)cc2)C(=O)/C(=C/c2ccc(N(CC)CC)cc2)C1. The molecule has 0 aromatic heterocycles. The molecule has 33 heavy (non-hydrogen) atoms. The van der Waals surface area contributed by atoms with E-state index in [2.05, 4.69) is 110 Å². The molecule has 176 valence electrons. The Morgan fingerprint density at radius 2 is 1.03 bits per heavy atom. The average molecular weight is 446 g/mol. The fourth-order valence-electron chi connectivity index (χ4n) is 4.48. The molecule has 0 saturated carbocycles. The number of carbonyl (C=O) groups is 1. The standard InChI is InChI=1S/C29H39N3O/c1-6-30-21-25(19-23-11-15-27(16-12-23)31(7-2)8-3)29(33)26(22-30)20-24-13-17-28(18-14-24)32(9-4)10-5/h11-20H,6-10,21-22H2,1-5H3/b25-19+,26-20+. The lowest BCUT2D eigenvalue weighted by Crippen LogP contribution is -2.37. The number of anilines is 2. The summed E-state index contributed by atoms with van der Waals surface area (Å²) in [6, 6.07) is 17.1. The number of Topliss-reactive ketones (excluding diaryl/α,β-unsaturated/α-hetero) is 1. The van der Waals surface area contributed by atoms with E-state index in [1.54, 1.807) is 0 Å². The number of hydrogen-bond acceptors (Lipinski definition) is 4. The number of nitrogens with zero attached hydrogens (tertiary/aromatic N) is 3. The van der Waals surface area contributed by atoms with Gasteiger partial charge in [-0.15, -0.1) is 0 Å². The first kappa shape index (κ1) is 24.8. The molecule has 0 radical (unpaired) electrons. The molecule has 3 rings (SSSR count). The lowest BCUT2D eigenvalue weighted by Gasteiger charge is -2.28. The molecule has 1 aliphatic heterocycles. The van der Waals surface area contributed by atoms with Gasteiger partial charge >= 0.3 is 0 Å². The lowest BCUT2D eigenvalue weighted by molar-refractivity contribution is -0.113. The van der Waals surface area contributed by atoms with Crippen LogP contribution in [-0.4, -0.2) is 56.5 Å². The van der Waals surface area contributed by atoms with Gasteiger partial charge in [-0.2, -0.15) is 0 Å². The molecule has 1 fully saturated rings. The van der Waals surface area contributed by atoms with Crippen molar-refractivity contribution in [2.24, 2.45) is 0 Å². The van der Waals surface area contributed by atoms with Crippen molar-refractivity contribution < 1.29 is 4.79 Å². The van der Waals surface area contributed by atoms with Gasteiger partial charge in [0.1, 0.15) is 0 Å². The van der Waals surface area contributed by atoms with E-state index in [4.69, 9.17) is 0 Å². The Bertz CT molecular complexity index is 887. The number of rotatable bonds is 9. The maximum absolute atomic E-state index is 13.4. The second-order valence-electron chi connectivity index (χ2n) is 8.50. The predicted molar refractivity (Wildman–Crippen MR) is 143 cm³/mol. The van der Waals surface area contributed by atoms with Crippen LogP contribution in [0.15, 0.2) is 59.7 Å². The molecule has 1 heterocycles. The van der Waals surface area contributed by atoms with Gasteiger partial charge in [-0.1, -0.05) is 31.2 Å². The number of ketones is 1. The normalized spacial score (nSPS) is 17.1. The summed E-state index contributed by atoms with van der Waals surface area (Å²) in [5, 5.41) is 0. The smallest absolute Gasteiger partial charge is 0.187 e. The van der Waals surface area contributed by atoms with Gasteiger partial charge in [0, 0.05) is 61.8 Å². The zero-order chi connectivity index (χ0) is 23.8. The van der Waals surface area contributed by atoms with Crippen LogP contribution in [0.4, 0.5) is 11.4 Å². The Labute approximate surface area is 200 Å². The first-order valence-corrected chi connectivity index (χ1v) is 12.4. The highest BCUT2D eigenvalue weighted by atomic mass is 16.1. The van der Waals surface area contributed by atoms with Crippen LogP contribution in [0.2, 0.25) is 0 Å². The van der Waals surface area contributed by atoms with Crippen molar-refractivity contribution in [3.05, 3.63) is 70.8 Å². The van der Waals surface area contributed by atoms with E-state index in [1.807, 2.05) is 0 Å². The van der Waals surface area contributed by atoms with Crippen LogP contribution in [-0.2, 0) is 4.79 Å². The molecule has 2 aromatic carbocycles. The molecule has 0 amide bonds. The molecule has 0 unspecified atom stereocenters. The number of hydrogen-bond donors (Lipinski definition) is 0. The molecule has 0 atom stereocenters. The van der Waals surface area contributed by atoms with Gasteiger partial charge in [-0.25, -0.2) is 0 Å². The van der Waals surface area contributed by atoms with Crippen molar-refractivity contribution in [3.8, 4) is 0 Å². The minimum atomic E-state index is 0.167. The number of likely N-dealkylation sites (N-methyl/N-ethyl adjacent to an activating group) is 1. The monoisotopic (exact) mass is 445 g/mol. The summed E-state index contributed by atoms with van der Waals surface area (Å²) in [5.74, 6) is 0.167. The minimum Gasteiger partial charge on any atom is -0.372 e. The molecule has 2 aromatic rings. The van der Waals surface area contributed by atoms with Crippen LogP contribution in [0.5, 0.6) is 0 Å². The van der Waals surface area contributed by atoms with Crippen molar-refractivity contribution in [1.29, 1.82) is 0 Å². The van der Waals surface area contributed by atoms with E-state index in [0.29, 0.717) is 13.1 Å². The third-order valence-electron chi connectivity index (χ3n) is 6.54. The number of likely N-dealkylation sites (tertiary alicyclic amines) is 1. The Morgan fingerprint density at radius 3 is 1.33 bits per heavy atom. The van der Waals surface area contributed by atoms with Gasteiger partial charge in [-0.3, -0.25) is 9.69 Å². The molecule has 1 saturated heterocycles. The van der Waals surface area contributed by atoms with Crippen molar-refractivity contribution in [2.45, 2.75) is 34.6 Å². The number of carbonyl (C=O) groups excluding carboxylic acids is 1. The molecule has 0 bridgehead atoms. The summed E-state index contributed by atoms with van der Waals surface area (Å²) in [5.41, 5.74) is 6.33. The van der Waals surface area contributed by atoms with Gasteiger partial charge in [-0.05, 0) is 81.8 Å². The van der Waals surface area contributed by atoms with E-state index in [1.165, 1.54) is 11.4 Å². The second-order valence-corrected chi connectivity index (χ2v) is 8.50. The van der Waals surface area contributed by atoms with Crippen LogP contribution in [0, 0.1) is 0 Å². The third-order valence-corrected chi connectivity index (χ3v) is 6.54. The molecule has 1 aliphatic rings. The van der Waals surface area contributed by atoms with E-state index in [0.717, 1.165) is 55.0 Å². The lowest BCUT2D eigenvalue weighted by atomic mass is 9.94. The molecule has 4 heteroatoms. The highest BCUT2D eigenvalue weighted by Gasteiger charge is 2.25. The maximum Gasteiger partial charge on any atom is 0.187 e. The van der Waals surface area contributed by atoms with Gasteiger partial charge in [0.05, 0.1) is 0 Å². The van der Waals surface area contributed by atoms with Gasteiger partial charge in [0.15, 0.2) is 5.78 Å². The first-order chi connectivity index (χ1) is 16.0. The third kappa shape index (κ3) is 6.14. The number of piperidine rings is 1. The molecule has 0 N–H and O–H groups in total. The molecular formula is C29H39N3O. The summed E-state index contributed by atoms with van der Waals surface area (Å²) in [6.45, 7) is 17.1. The molecule has 4 nitrogen and oxygen atoms in total. The van der Waals surface area contributed by atoms with E-state index in [-0.39, 0.29) is 5.78 Å². The van der Waals surface area contributed by atoms with Crippen LogP contribution in [0.25, 0.3) is 12.2 Å². The van der Waals surface area contributed by atoms with Crippen LogP contribution >= 0.6 is 0 Å². The average Bonchev–Trinajstić information content (AvgIpc) is 2.85. The van der Waals surface area contributed by atoms with Crippen molar-refractivity contribution >= 4 is 29.3 Å².